The average Bonchev–Trinajstić information content (AvgIpc) is 2.38. The van der Waals surface area contributed by atoms with E-state index >= 15 is 0 Å². The van der Waals surface area contributed by atoms with Gasteiger partial charge >= 0.3 is 0 Å². The van der Waals surface area contributed by atoms with E-state index in [0.29, 0.717) is 5.56 Å². The highest BCUT2D eigenvalue weighted by Gasteiger charge is 2.10. The number of benzene rings is 2. The minimum Gasteiger partial charge on any atom is -0.489 e. The summed E-state index contributed by atoms with van der Waals surface area (Å²) >= 11 is 0. The van der Waals surface area contributed by atoms with E-state index in [-0.39, 0.29) is 18.2 Å². The van der Waals surface area contributed by atoms with E-state index in [9.17, 15) is 13.2 Å². The van der Waals surface area contributed by atoms with E-state index in [4.69, 9.17) is 10.5 Å². The summed E-state index contributed by atoms with van der Waals surface area (Å²) in [5.41, 5.74) is 6.50. The van der Waals surface area contributed by atoms with Crippen molar-refractivity contribution in [1.29, 1.82) is 0 Å². The van der Waals surface area contributed by atoms with Crippen molar-refractivity contribution in [2.45, 2.75) is 6.04 Å². The van der Waals surface area contributed by atoms with Crippen molar-refractivity contribution >= 4 is 0 Å². The van der Waals surface area contributed by atoms with Crippen LogP contribution in [0.3, 0.4) is 0 Å². The maximum atomic E-state index is 13.3. The highest BCUT2D eigenvalue weighted by atomic mass is 19.1. The second-order valence-electron chi connectivity index (χ2n) is 4.04. The van der Waals surface area contributed by atoms with Gasteiger partial charge in [-0.25, -0.2) is 13.2 Å². The Balaban J connectivity index is 2.00. The summed E-state index contributed by atoms with van der Waals surface area (Å²) in [6.45, 7) is 0.00812. The molecule has 1 unspecified atom stereocenters. The highest BCUT2D eigenvalue weighted by molar-refractivity contribution is 5.25. The van der Waals surface area contributed by atoms with Gasteiger partial charge in [-0.05, 0) is 29.8 Å². The Morgan fingerprint density at radius 3 is 2.21 bits per heavy atom. The minimum absolute atomic E-state index is 0.00812. The van der Waals surface area contributed by atoms with Crippen molar-refractivity contribution in [2.24, 2.45) is 5.73 Å². The molecule has 0 bridgehead atoms. The van der Waals surface area contributed by atoms with E-state index in [1.165, 1.54) is 30.3 Å². The summed E-state index contributed by atoms with van der Waals surface area (Å²) in [5, 5.41) is 0. The molecule has 19 heavy (non-hydrogen) atoms. The summed E-state index contributed by atoms with van der Waals surface area (Å²) in [4.78, 5) is 0. The molecule has 0 aliphatic heterocycles. The number of rotatable bonds is 4. The molecule has 2 N–H and O–H groups in total. The monoisotopic (exact) mass is 267 g/mol. The standard InChI is InChI=1S/C14H12F3NO/c15-10-3-1-9(2-4-10)13(18)8-19-14-6-5-11(16)7-12(14)17/h1-7,13H,8,18H2. The Bertz CT molecular complexity index is 557. The molecular weight excluding hydrogens is 255 g/mol. The topological polar surface area (TPSA) is 35.2 Å². The molecule has 100 valence electrons. The number of hydrogen-bond acceptors (Lipinski definition) is 2. The van der Waals surface area contributed by atoms with Crippen LogP contribution in [-0.2, 0) is 0 Å². The molecule has 0 spiro atoms. The molecule has 0 aliphatic carbocycles. The number of ether oxygens (including phenoxy) is 1. The fourth-order valence-electron chi connectivity index (χ4n) is 1.58. The quantitative estimate of drug-likeness (QED) is 0.923. The molecule has 5 heteroatoms. The zero-order valence-corrected chi connectivity index (χ0v) is 9.95. The van der Waals surface area contributed by atoms with Gasteiger partial charge < -0.3 is 10.5 Å². The molecular formula is C14H12F3NO. The second-order valence-corrected chi connectivity index (χ2v) is 4.04. The molecule has 0 radical (unpaired) electrons. The van der Waals surface area contributed by atoms with Gasteiger partial charge in [0.2, 0.25) is 0 Å². The van der Waals surface area contributed by atoms with E-state index in [0.717, 1.165) is 12.1 Å². The van der Waals surface area contributed by atoms with Gasteiger partial charge in [-0.2, -0.15) is 0 Å². The van der Waals surface area contributed by atoms with Gasteiger partial charge in [-0.3, -0.25) is 0 Å². The zero-order chi connectivity index (χ0) is 13.8. The molecule has 0 aliphatic rings. The van der Waals surface area contributed by atoms with Crippen LogP contribution < -0.4 is 10.5 Å². The van der Waals surface area contributed by atoms with E-state index in [1.807, 2.05) is 0 Å². The molecule has 0 saturated carbocycles. The first-order chi connectivity index (χ1) is 9.06. The molecule has 0 amide bonds. The lowest BCUT2D eigenvalue weighted by molar-refractivity contribution is 0.276. The van der Waals surface area contributed by atoms with Crippen LogP contribution in [0.15, 0.2) is 42.5 Å². The van der Waals surface area contributed by atoms with Gasteiger partial charge in [0, 0.05) is 6.07 Å². The van der Waals surface area contributed by atoms with Crippen molar-refractivity contribution in [1.82, 2.24) is 0 Å². The molecule has 2 rings (SSSR count). The predicted octanol–water partition coefficient (Wildman–Crippen LogP) is 3.18. The Kier molecular flexibility index (Phi) is 4.06. The predicted molar refractivity (Wildman–Crippen MR) is 65.2 cm³/mol. The third kappa shape index (κ3) is 3.48. The Hall–Kier alpha value is -2.01. The molecule has 1 atom stereocenters. The number of halogens is 3. The van der Waals surface area contributed by atoms with E-state index in [1.54, 1.807) is 0 Å². The summed E-state index contributed by atoms with van der Waals surface area (Å²) in [5.74, 6) is -1.89. The van der Waals surface area contributed by atoms with E-state index in [2.05, 4.69) is 0 Å². The Labute approximate surface area is 108 Å². The number of hydrogen-bond donors (Lipinski definition) is 1. The smallest absolute Gasteiger partial charge is 0.167 e. The van der Waals surface area contributed by atoms with Gasteiger partial charge in [-0.15, -0.1) is 0 Å². The van der Waals surface area contributed by atoms with Crippen LogP contribution in [-0.4, -0.2) is 6.61 Å². The van der Waals surface area contributed by atoms with Crippen LogP contribution in [0.2, 0.25) is 0 Å². The van der Waals surface area contributed by atoms with E-state index < -0.39 is 17.7 Å². The molecule has 0 saturated heterocycles. The largest absolute Gasteiger partial charge is 0.489 e. The third-order valence-electron chi connectivity index (χ3n) is 2.61. The van der Waals surface area contributed by atoms with Crippen LogP contribution in [0, 0.1) is 17.5 Å². The van der Waals surface area contributed by atoms with Crippen molar-refractivity contribution in [3.8, 4) is 5.75 Å². The number of nitrogens with two attached hydrogens (primary N) is 1. The summed E-state index contributed by atoms with van der Waals surface area (Å²) in [7, 11) is 0. The second kappa shape index (κ2) is 5.75. The lowest BCUT2D eigenvalue weighted by Gasteiger charge is -2.14. The van der Waals surface area contributed by atoms with Gasteiger partial charge in [-0.1, -0.05) is 12.1 Å². The maximum absolute atomic E-state index is 13.3. The normalized spacial score (nSPS) is 12.2. The minimum atomic E-state index is -0.786. The van der Waals surface area contributed by atoms with Gasteiger partial charge in [0.05, 0.1) is 6.04 Å². The van der Waals surface area contributed by atoms with Crippen LogP contribution in [0.1, 0.15) is 11.6 Å². The third-order valence-corrected chi connectivity index (χ3v) is 2.61. The van der Waals surface area contributed by atoms with Crippen LogP contribution in [0.4, 0.5) is 13.2 Å². The summed E-state index contributed by atoms with van der Waals surface area (Å²) < 4.78 is 43.9. The molecule has 2 nitrogen and oxygen atoms in total. The fourth-order valence-corrected chi connectivity index (χ4v) is 1.58. The first kappa shape index (κ1) is 13.4. The van der Waals surface area contributed by atoms with Gasteiger partial charge in [0.25, 0.3) is 0 Å². The zero-order valence-electron chi connectivity index (χ0n) is 9.95. The molecule has 2 aromatic carbocycles. The fraction of sp³-hybridized carbons (Fsp3) is 0.143. The molecule has 0 aromatic heterocycles. The van der Waals surface area contributed by atoms with Gasteiger partial charge in [0.1, 0.15) is 18.2 Å². The Morgan fingerprint density at radius 2 is 1.58 bits per heavy atom. The van der Waals surface area contributed by atoms with Crippen molar-refractivity contribution in [2.75, 3.05) is 6.61 Å². The summed E-state index contributed by atoms with van der Waals surface area (Å²) in [6.07, 6.45) is 0. The van der Waals surface area contributed by atoms with Crippen LogP contribution in [0.25, 0.3) is 0 Å². The first-order valence-corrected chi connectivity index (χ1v) is 5.65. The molecule has 0 fully saturated rings. The lowest BCUT2D eigenvalue weighted by Crippen LogP contribution is -2.19. The van der Waals surface area contributed by atoms with Gasteiger partial charge in [0.15, 0.2) is 11.6 Å². The molecule has 2 aromatic rings. The lowest BCUT2D eigenvalue weighted by atomic mass is 10.1. The first-order valence-electron chi connectivity index (χ1n) is 5.65. The van der Waals surface area contributed by atoms with Crippen LogP contribution >= 0.6 is 0 Å². The highest BCUT2D eigenvalue weighted by Crippen LogP contribution is 2.19. The van der Waals surface area contributed by atoms with Crippen molar-refractivity contribution in [3.63, 3.8) is 0 Å². The summed E-state index contributed by atoms with van der Waals surface area (Å²) in [6, 6.07) is 8.14. The Morgan fingerprint density at radius 1 is 0.947 bits per heavy atom. The molecule has 0 heterocycles. The average molecular weight is 267 g/mol. The van der Waals surface area contributed by atoms with Crippen molar-refractivity contribution in [3.05, 3.63) is 65.5 Å². The van der Waals surface area contributed by atoms with Crippen molar-refractivity contribution < 1.29 is 17.9 Å². The SMILES string of the molecule is NC(COc1ccc(F)cc1F)c1ccc(F)cc1. The van der Waals surface area contributed by atoms with Crippen LogP contribution in [0.5, 0.6) is 5.75 Å². The maximum Gasteiger partial charge on any atom is 0.167 e.